The number of piperazine rings is 1. The number of nitrogens with zero attached hydrogens (tertiary/aromatic N) is 4. The fourth-order valence-corrected chi connectivity index (χ4v) is 6.18. The Balaban J connectivity index is 1.38. The number of sulfonamides is 1. The second kappa shape index (κ2) is 10.0. The van der Waals surface area contributed by atoms with Gasteiger partial charge >= 0.3 is 0 Å². The van der Waals surface area contributed by atoms with Crippen LogP contribution in [-0.2, 0) is 16.6 Å². The van der Waals surface area contributed by atoms with Crippen LogP contribution in [0.3, 0.4) is 0 Å². The molecule has 0 aromatic heterocycles. The Morgan fingerprint density at radius 1 is 1.06 bits per heavy atom. The molecule has 33 heavy (non-hydrogen) atoms. The second-order valence-corrected chi connectivity index (χ2v) is 11.0. The normalized spacial score (nSPS) is 20.4. The van der Waals surface area contributed by atoms with E-state index in [2.05, 4.69) is 17.9 Å². The first-order valence-corrected chi connectivity index (χ1v) is 12.9. The first-order valence-electron chi connectivity index (χ1n) is 11.5. The average Bonchev–Trinajstić information content (AvgIpc) is 2.84. The third-order valence-electron chi connectivity index (χ3n) is 6.49. The highest BCUT2D eigenvalue weighted by atomic mass is 32.2. The van der Waals surface area contributed by atoms with E-state index >= 15 is 0 Å². The van der Waals surface area contributed by atoms with Crippen LogP contribution in [-0.4, -0.2) is 67.7 Å². The van der Waals surface area contributed by atoms with Crippen LogP contribution in [0.25, 0.3) is 0 Å². The van der Waals surface area contributed by atoms with E-state index < -0.39 is 10.0 Å². The summed E-state index contributed by atoms with van der Waals surface area (Å²) in [5, 5.41) is 8.93. The predicted molar refractivity (Wildman–Crippen MR) is 126 cm³/mol. The van der Waals surface area contributed by atoms with E-state index in [4.69, 9.17) is 5.26 Å². The summed E-state index contributed by atoms with van der Waals surface area (Å²) in [7, 11) is -3.60. The fourth-order valence-electron chi connectivity index (χ4n) is 4.54. The number of benzene rings is 2. The van der Waals surface area contributed by atoms with Gasteiger partial charge in [0.25, 0.3) is 5.91 Å². The van der Waals surface area contributed by atoms with E-state index in [1.165, 1.54) is 6.07 Å². The van der Waals surface area contributed by atoms with Gasteiger partial charge in [0.1, 0.15) is 0 Å². The third-order valence-corrected chi connectivity index (χ3v) is 8.35. The monoisotopic (exact) mass is 466 g/mol. The van der Waals surface area contributed by atoms with Gasteiger partial charge in [-0.15, -0.1) is 0 Å². The van der Waals surface area contributed by atoms with E-state index in [-0.39, 0.29) is 10.8 Å². The molecule has 2 aliphatic heterocycles. The first kappa shape index (κ1) is 23.4. The fraction of sp³-hybridized carbons (Fsp3) is 0.440. The number of amides is 1. The van der Waals surface area contributed by atoms with Crippen molar-refractivity contribution in [2.75, 3.05) is 39.3 Å². The largest absolute Gasteiger partial charge is 0.336 e. The zero-order valence-corrected chi connectivity index (χ0v) is 19.8. The number of hydrogen-bond acceptors (Lipinski definition) is 5. The Labute approximate surface area is 196 Å². The zero-order valence-electron chi connectivity index (χ0n) is 19.0. The quantitative estimate of drug-likeness (QED) is 0.676. The molecule has 0 bridgehead atoms. The molecule has 7 nitrogen and oxygen atoms in total. The van der Waals surface area contributed by atoms with Crippen molar-refractivity contribution in [1.82, 2.24) is 14.1 Å². The summed E-state index contributed by atoms with van der Waals surface area (Å²) in [6.45, 7) is 6.59. The minimum absolute atomic E-state index is 0.128. The smallest absolute Gasteiger partial charge is 0.253 e. The molecule has 2 saturated heterocycles. The number of rotatable bonds is 5. The van der Waals surface area contributed by atoms with Crippen molar-refractivity contribution < 1.29 is 13.2 Å². The molecule has 2 aromatic rings. The van der Waals surface area contributed by atoms with Crippen LogP contribution in [0.5, 0.6) is 0 Å². The highest BCUT2D eigenvalue weighted by molar-refractivity contribution is 7.89. The summed E-state index contributed by atoms with van der Waals surface area (Å²) in [6, 6.07) is 16.2. The Morgan fingerprint density at radius 3 is 2.45 bits per heavy atom. The molecule has 2 aliphatic rings. The van der Waals surface area contributed by atoms with Crippen molar-refractivity contribution in [3.8, 4) is 6.07 Å². The number of carbonyl (C=O) groups is 1. The molecule has 4 rings (SSSR count). The molecule has 0 saturated carbocycles. The number of carbonyl (C=O) groups excluding carboxylic acids is 1. The van der Waals surface area contributed by atoms with Gasteiger partial charge in [0.2, 0.25) is 10.0 Å². The van der Waals surface area contributed by atoms with Gasteiger partial charge in [0.15, 0.2) is 0 Å². The summed E-state index contributed by atoms with van der Waals surface area (Å²) in [6.07, 6.45) is 1.91. The summed E-state index contributed by atoms with van der Waals surface area (Å²) in [5.41, 5.74) is 2.20. The molecule has 1 amide bonds. The minimum atomic E-state index is -3.60. The lowest BCUT2D eigenvalue weighted by molar-refractivity contribution is 0.0628. The van der Waals surface area contributed by atoms with Gasteiger partial charge in [-0.05, 0) is 54.7 Å². The van der Waals surface area contributed by atoms with Crippen molar-refractivity contribution in [1.29, 1.82) is 5.26 Å². The van der Waals surface area contributed by atoms with Gasteiger partial charge in [-0.25, -0.2) is 8.42 Å². The lowest BCUT2D eigenvalue weighted by atomic mass is 10.0. The standard InChI is InChI=1S/C25H30N4O3S/c1-20-4-3-11-29(18-20)33(31,32)24-6-2-5-23(16-24)25(30)28-14-12-27(13-15-28)19-22-9-7-21(17-26)8-10-22/h2,5-10,16,20H,3-4,11-15,18-19H2,1H3/t20-/m1/s1. The molecule has 174 valence electrons. The average molecular weight is 467 g/mol. The highest BCUT2D eigenvalue weighted by Gasteiger charge is 2.30. The Kier molecular flexibility index (Phi) is 7.13. The third kappa shape index (κ3) is 5.44. The molecular weight excluding hydrogens is 436 g/mol. The van der Waals surface area contributed by atoms with Crippen LogP contribution < -0.4 is 0 Å². The Hall–Kier alpha value is -2.73. The summed E-state index contributed by atoms with van der Waals surface area (Å²) in [5.74, 6) is 0.219. The molecule has 0 radical (unpaired) electrons. The zero-order chi connectivity index (χ0) is 23.4. The van der Waals surface area contributed by atoms with Gasteiger partial charge in [-0.1, -0.05) is 25.1 Å². The van der Waals surface area contributed by atoms with E-state index in [0.29, 0.717) is 43.2 Å². The van der Waals surface area contributed by atoms with E-state index in [9.17, 15) is 13.2 Å². The molecular formula is C25H30N4O3S. The molecule has 2 aromatic carbocycles. The van der Waals surface area contributed by atoms with Crippen LogP contribution in [0.2, 0.25) is 0 Å². The van der Waals surface area contributed by atoms with Crippen LogP contribution in [0.4, 0.5) is 0 Å². The highest BCUT2D eigenvalue weighted by Crippen LogP contribution is 2.24. The maximum atomic E-state index is 13.1. The Bertz CT molecular complexity index is 1130. The molecule has 0 N–H and O–H groups in total. The molecule has 1 atom stereocenters. The molecule has 8 heteroatoms. The first-order chi connectivity index (χ1) is 15.9. The Morgan fingerprint density at radius 2 is 1.79 bits per heavy atom. The van der Waals surface area contributed by atoms with Gasteiger partial charge in [0, 0.05) is 51.4 Å². The number of nitriles is 1. The van der Waals surface area contributed by atoms with Crippen molar-refractivity contribution >= 4 is 15.9 Å². The van der Waals surface area contributed by atoms with Gasteiger partial charge in [-0.3, -0.25) is 9.69 Å². The van der Waals surface area contributed by atoms with E-state index in [1.54, 1.807) is 27.4 Å². The van der Waals surface area contributed by atoms with Gasteiger partial charge in [-0.2, -0.15) is 9.57 Å². The summed E-state index contributed by atoms with van der Waals surface area (Å²) >= 11 is 0. The molecule has 2 fully saturated rings. The van der Waals surface area contributed by atoms with Crippen LogP contribution in [0, 0.1) is 17.2 Å². The van der Waals surface area contributed by atoms with Crippen molar-refractivity contribution in [3.63, 3.8) is 0 Å². The number of piperidine rings is 1. The molecule has 0 aliphatic carbocycles. The van der Waals surface area contributed by atoms with E-state index in [0.717, 1.165) is 38.0 Å². The topological polar surface area (TPSA) is 84.7 Å². The summed E-state index contributed by atoms with van der Waals surface area (Å²) in [4.78, 5) is 17.4. The second-order valence-electron chi connectivity index (χ2n) is 9.02. The van der Waals surface area contributed by atoms with Crippen LogP contribution in [0.15, 0.2) is 53.4 Å². The van der Waals surface area contributed by atoms with E-state index in [1.807, 2.05) is 24.3 Å². The van der Waals surface area contributed by atoms with Crippen LogP contribution >= 0.6 is 0 Å². The molecule has 0 spiro atoms. The van der Waals surface area contributed by atoms with Crippen LogP contribution in [0.1, 0.15) is 41.3 Å². The predicted octanol–water partition coefficient (Wildman–Crippen LogP) is 2.94. The van der Waals surface area contributed by atoms with Crippen molar-refractivity contribution in [3.05, 3.63) is 65.2 Å². The minimum Gasteiger partial charge on any atom is -0.336 e. The maximum Gasteiger partial charge on any atom is 0.253 e. The molecule has 0 unspecified atom stereocenters. The number of hydrogen-bond donors (Lipinski definition) is 0. The summed E-state index contributed by atoms with van der Waals surface area (Å²) < 4.78 is 27.8. The molecule has 2 heterocycles. The lowest BCUT2D eigenvalue weighted by Crippen LogP contribution is -2.48. The SMILES string of the molecule is C[C@@H]1CCCN(S(=O)(=O)c2cccc(C(=O)N3CCN(Cc4ccc(C#N)cc4)CC3)c2)C1. The van der Waals surface area contributed by atoms with Crippen molar-refractivity contribution in [2.45, 2.75) is 31.2 Å². The van der Waals surface area contributed by atoms with Gasteiger partial charge < -0.3 is 4.90 Å². The van der Waals surface area contributed by atoms with Gasteiger partial charge in [0.05, 0.1) is 16.5 Å². The maximum absolute atomic E-state index is 13.1. The lowest BCUT2D eigenvalue weighted by Gasteiger charge is -2.35. The van der Waals surface area contributed by atoms with Crippen molar-refractivity contribution in [2.24, 2.45) is 5.92 Å².